The first-order chi connectivity index (χ1) is 11.2. The van der Waals surface area contributed by atoms with Crippen LogP contribution in [0, 0.1) is 0 Å². The van der Waals surface area contributed by atoms with Gasteiger partial charge in [0.2, 0.25) is 0 Å². The van der Waals surface area contributed by atoms with Crippen LogP contribution in [0.4, 0.5) is 0 Å². The van der Waals surface area contributed by atoms with Crippen LogP contribution in [0.15, 0.2) is 21.6 Å². The van der Waals surface area contributed by atoms with Crippen molar-refractivity contribution in [2.45, 2.75) is 103 Å². The Bertz CT molecular complexity index is 401. The number of hydrogen-bond donors (Lipinski definition) is 1. The summed E-state index contributed by atoms with van der Waals surface area (Å²) in [4.78, 5) is 0. The first-order valence-electron chi connectivity index (χ1n) is 10.2. The van der Waals surface area contributed by atoms with E-state index in [1.54, 1.807) is 0 Å². The molecule has 0 aromatic rings. The topological polar surface area (TPSA) is 12.0 Å². The molecular weight excluding hydrogens is 401 g/mol. The predicted molar refractivity (Wildman–Crippen MR) is 103 cm³/mol. The van der Waals surface area contributed by atoms with Crippen LogP contribution in [0.1, 0.15) is 84.0 Å². The third-order valence-corrected chi connectivity index (χ3v) is 17.0. The van der Waals surface area contributed by atoms with E-state index in [4.69, 9.17) is 0 Å². The Hall–Kier alpha value is 0.951. The second-order valence-corrected chi connectivity index (χ2v) is 20.8. The quantitative estimate of drug-likeness (QED) is 0.609. The van der Waals surface area contributed by atoms with Crippen molar-refractivity contribution in [1.82, 2.24) is 3.80 Å². The van der Waals surface area contributed by atoms with Gasteiger partial charge in [-0.05, 0) is 0 Å². The van der Waals surface area contributed by atoms with Crippen LogP contribution in [-0.2, 0) is 17.4 Å². The average molecular weight is 439 g/mol. The molecule has 0 heterocycles. The molecule has 0 spiro atoms. The average Bonchev–Trinajstić information content (AvgIpc) is 2.92. The number of rotatable bonds is 4. The van der Waals surface area contributed by atoms with Gasteiger partial charge in [-0.2, -0.15) is 0 Å². The zero-order valence-electron chi connectivity index (χ0n) is 16.6. The van der Waals surface area contributed by atoms with E-state index >= 15 is 0 Å². The number of nitrogens with one attached hydrogen (secondary N) is 1. The van der Waals surface area contributed by atoms with Gasteiger partial charge < -0.3 is 24.8 Å². The van der Waals surface area contributed by atoms with Gasteiger partial charge in [0.25, 0.3) is 0 Å². The molecule has 0 radical (unpaired) electrons. The molecule has 1 fully saturated rings. The molecule has 1 nitrogen and oxygen atoms in total. The summed E-state index contributed by atoms with van der Waals surface area (Å²) in [6, 6.07) is 0.834. The standard InChI is InChI=1S/C12H24N.C6H7.C2H7Si.2ClH.Ti/c13-12-10-8-6-4-2-1-3-5-7-9-11-12;1-6-4-2-3-5-6;1-3-2;;;/h12-13H,1-11H2;4-5H,2H2,1H3;3H,1-2H3;2*1H;/q-1;;;;;+3/p-2. The Morgan fingerprint density at radius 2 is 1.36 bits per heavy atom. The van der Waals surface area contributed by atoms with Gasteiger partial charge in [0, 0.05) is 0 Å². The van der Waals surface area contributed by atoms with Gasteiger partial charge in [0.15, 0.2) is 0 Å². The van der Waals surface area contributed by atoms with Crippen molar-refractivity contribution >= 4 is 6.66 Å². The van der Waals surface area contributed by atoms with Crippen molar-refractivity contribution < 1.29 is 42.2 Å². The molecular formula is C20H38Cl2NSiTi. The molecule has 2 aliphatic carbocycles. The third-order valence-electron chi connectivity index (χ3n) is 5.43. The van der Waals surface area contributed by atoms with Gasteiger partial charge >= 0.3 is 153 Å². The third kappa shape index (κ3) is 10.2. The van der Waals surface area contributed by atoms with Crippen LogP contribution in [0.2, 0.25) is 13.1 Å². The molecule has 0 aromatic heterocycles. The molecule has 0 saturated heterocycles. The normalized spacial score (nSPS) is 20.5. The maximum atomic E-state index is 4.30. The SMILES string of the molecule is CC1=CC[C]([Ti+2]([NH]C2CCCCCCCCCCC2)[SiH](C)C)=C1.[Cl-].[Cl-]. The summed E-state index contributed by atoms with van der Waals surface area (Å²) in [6.07, 6.45) is 22.4. The largest absolute Gasteiger partial charge is 1.00 e. The summed E-state index contributed by atoms with van der Waals surface area (Å²) < 4.78 is 6.14. The van der Waals surface area contributed by atoms with Crippen molar-refractivity contribution in [3.05, 3.63) is 21.6 Å². The Morgan fingerprint density at radius 3 is 1.76 bits per heavy atom. The van der Waals surface area contributed by atoms with E-state index < -0.39 is 24.0 Å². The minimum absolute atomic E-state index is 0. The van der Waals surface area contributed by atoms with E-state index in [0.717, 1.165) is 6.04 Å². The molecule has 0 amide bonds. The fourth-order valence-corrected chi connectivity index (χ4v) is 14.4. The molecule has 0 atom stereocenters. The van der Waals surface area contributed by atoms with E-state index in [1.807, 2.05) is 3.88 Å². The zero-order valence-corrected chi connectivity index (χ0v) is 20.8. The molecule has 1 N–H and O–H groups in total. The Kier molecular flexibility index (Phi) is 15.5. The van der Waals surface area contributed by atoms with Gasteiger partial charge in [-0.25, -0.2) is 0 Å². The summed E-state index contributed by atoms with van der Waals surface area (Å²) in [5.74, 6) is 0. The number of halogens is 2. The first kappa shape index (κ1) is 26.0. The van der Waals surface area contributed by atoms with Gasteiger partial charge in [-0.15, -0.1) is 0 Å². The van der Waals surface area contributed by atoms with Crippen molar-refractivity contribution in [2.24, 2.45) is 0 Å². The number of allylic oxidation sites excluding steroid dienone is 4. The van der Waals surface area contributed by atoms with E-state index in [1.165, 1.54) is 82.6 Å². The summed E-state index contributed by atoms with van der Waals surface area (Å²) in [5, 5.41) is 0. The van der Waals surface area contributed by atoms with Crippen LogP contribution in [-0.4, -0.2) is 12.7 Å². The fourth-order valence-electron chi connectivity index (χ4n) is 4.01. The van der Waals surface area contributed by atoms with Gasteiger partial charge in [0.1, 0.15) is 0 Å². The Balaban J connectivity index is 0.00000288. The summed E-state index contributed by atoms with van der Waals surface area (Å²) in [5.41, 5.74) is 1.51. The second kappa shape index (κ2) is 14.9. The monoisotopic (exact) mass is 438 g/mol. The van der Waals surface area contributed by atoms with Crippen molar-refractivity contribution in [3.8, 4) is 0 Å². The molecule has 1 saturated carbocycles. The molecule has 5 heteroatoms. The minimum atomic E-state index is -1.17. The van der Waals surface area contributed by atoms with Crippen LogP contribution in [0.25, 0.3) is 0 Å². The molecule has 25 heavy (non-hydrogen) atoms. The summed E-state index contributed by atoms with van der Waals surface area (Å²) in [6.45, 7) is 6.91. The van der Waals surface area contributed by atoms with Gasteiger partial charge in [-0.1, -0.05) is 0 Å². The smallest absolute Gasteiger partial charge is 1.00 e. The first-order valence-corrected chi connectivity index (χ1v) is 17.3. The second-order valence-electron chi connectivity index (χ2n) is 7.99. The van der Waals surface area contributed by atoms with E-state index in [0.29, 0.717) is 0 Å². The predicted octanol–water partition coefficient (Wildman–Crippen LogP) is 0.00780. The van der Waals surface area contributed by atoms with Crippen molar-refractivity contribution in [1.29, 1.82) is 0 Å². The molecule has 0 unspecified atom stereocenters. The van der Waals surface area contributed by atoms with Crippen LogP contribution in [0.5, 0.6) is 0 Å². The van der Waals surface area contributed by atoms with Crippen molar-refractivity contribution in [3.63, 3.8) is 0 Å². The van der Waals surface area contributed by atoms with E-state index in [2.05, 4.69) is 36.0 Å². The van der Waals surface area contributed by atoms with E-state index in [9.17, 15) is 0 Å². The molecule has 2 rings (SSSR count). The van der Waals surface area contributed by atoms with Crippen LogP contribution < -0.4 is 28.6 Å². The van der Waals surface area contributed by atoms with Gasteiger partial charge in [0.05, 0.1) is 0 Å². The Labute approximate surface area is 176 Å². The number of hydrogen-bond acceptors (Lipinski definition) is 1. The molecule has 0 aliphatic heterocycles. The van der Waals surface area contributed by atoms with Gasteiger partial charge in [-0.3, -0.25) is 0 Å². The minimum Gasteiger partial charge on any atom is -1.00 e. The fraction of sp³-hybridized carbons (Fsp3) is 0.800. The zero-order chi connectivity index (χ0) is 16.5. The van der Waals surface area contributed by atoms with Crippen LogP contribution in [0.3, 0.4) is 0 Å². The molecule has 0 aromatic carbocycles. The summed E-state index contributed by atoms with van der Waals surface area (Å²) >= 11 is -1.17. The maximum Gasteiger partial charge on any atom is -1.00 e. The van der Waals surface area contributed by atoms with Crippen molar-refractivity contribution in [2.75, 3.05) is 0 Å². The Morgan fingerprint density at radius 1 is 0.880 bits per heavy atom. The summed E-state index contributed by atoms with van der Waals surface area (Å²) in [7, 11) is 0. The van der Waals surface area contributed by atoms with Crippen LogP contribution >= 0.6 is 0 Å². The van der Waals surface area contributed by atoms with E-state index in [-0.39, 0.29) is 24.8 Å². The molecule has 2 aliphatic rings. The molecule has 145 valence electrons. The maximum absolute atomic E-state index is 4.30. The molecule has 0 bridgehead atoms.